The third kappa shape index (κ3) is 4.55. The van der Waals surface area contributed by atoms with Crippen LogP contribution in [0.3, 0.4) is 0 Å². The van der Waals surface area contributed by atoms with Crippen molar-refractivity contribution < 1.29 is 9.47 Å². The normalized spacial score (nSPS) is 10.7. The lowest BCUT2D eigenvalue weighted by Crippen LogP contribution is -2.20. The van der Waals surface area contributed by atoms with Crippen molar-refractivity contribution in [3.8, 4) is 11.5 Å². The van der Waals surface area contributed by atoms with Crippen LogP contribution < -0.4 is 15.2 Å². The van der Waals surface area contributed by atoms with Gasteiger partial charge in [0.25, 0.3) is 0 Å². The van der Waals surface area contributed by atoms with Crippen molar-refractivity contribution in [2.75, 3.05) is 40.4 Å². The molecule has 0 saturated heterocycles. The molecule has 4 heteroatoms. The van der Waals surface area contributed by atoms with Crippen molar-refractivity contribution in [2.45, 2.75) is 13.3 Å². The number of para-hydroxylation sites is 1. The number of ether oxygens (including phenoxy) is 2. The molecule has 0 aliphatic carbocycles. The Morgan fingerprint density at radius 3 is 2.61 bits per heavy atom. The zero-order valence-electron chi connectivity index (χ0n) is 11.6. The molecule has 0 atom stereocenters. The molecule has 1 aromatic carbocycles. The van der Waals surface area contributed by atoms with Gasteiger partial charge in [-0.1, -0.05) is 12.1 Å². The predicted octanol–water partition coefficient (Wildman–Crippen LogP) is 1.53. The maximum atomic E-state index is 5.86. The standard InChI is InChI=1S/C14H24N2O2/c1-4-17-13-7-5-6-12(8-9-15)14(13)18-11-10-16(2)3/h5-7H,4,8-11,15H2,1-3H3. The van der Waals surface area contributed by atoms with E-state index in [-0.39, 0.29) is 0 Å². The van der Waals surface area contributed by atoms with Gasteiger partial charge in [0.15, 0.2) is 11.5 Å². The first-order valence-electron chi connectivity index (χ1n) is 6.41. The number of hydrogen-bond donors (Lipinski definition) is 1. The number of hydrogen-bond acceptors (Lipinski definition) is 4. The van der Waals surface area contributed by atoms with Crippen molar-refractivity contribution in [1.29, 1.82) is 0 Å². The largest absolute Gasteiger partial charge is 0.490 e. The van der Waals surface area contributed by atoms with Gasteiger partial charge in [-0.3, -0.25) is 0 Å². The lowest BCUT2D eigenvalue weighted by Gasteiger charge is -2.17. The van der Waals surface area contributed by atoms with E-state index < -0.39 is 0 Å². The van der Waals surface area contributed by atoms with Crippen LogP contribution in [0.2, 0.25) is 0 Å². The Bertz CT molecular complexity index is 329. The zero-order chi connectivity index (χ0) is 13.4. The molecule has 4 nitrogen and oxygen atoms in total. The Morgan fingerprint density at radius 1 is 1.22 bits per heavy atom. The average Bonchev–Trinajstić information content (AvgIpc) is 2.32. The lowest BCUT2D eigenvalue weighted by atomic mass is 10.1. The Morgan fingerprint density at radius 2 is 2.00 bits per heavy atom. The molecular weight excluding hydrogens is 228 g/mol. The number of benzene rings is 1. The second kappa shape index (κ2) is 7.95. The second-order valence-corrected chi connectivity index (χ2v) is 4.37. The monoisotopic (exact) mass is 252 g/mol. The first-order valence-corrected chi connectivity index (χ1v) is 6.41. The molecule has 0 radical (unpaired) electrons. The summed E-state index contributed by atoms with van der Waals surface area (Å²) in [7, 11) is 4.05. The Hall–Kier alpha value is -1.26. The topological polar surface area (TPSA) is 47.7 Å². The number of rotatable bonds is 8. The van der Waals surface area contributed by atoms with Gasteiger partial charge in [-0.05, 0) is 45.6 Å². The van der Waals surface area contributed by atoms with Crippen molar-refractivity contribution in [2.24, 2.45) is 5.73 Å². The number of nitrogens with two attached hydrogens (primary N) is 1. The molecule has 102 valence electrons. The molecule has 0 unspecified atom stereocenters. The maximum Gasteiger partial charge on any atom is 0.164 e. The van der Waals surface area contributed by atoms with Crippen molar-refractivity contribution in [1.82, 2.24) is 4.90 Å². The van der Waals surface area contributed by atoms with Crippen LogP contribution >= 0.6 is 0 Å². The molecule has 2 N–H and O–H groups in total. The smallest absolute Gasteiger partial charge is 0.164 e. The van der Waals surface area contributed by atoms with E-state index in [1.54, 1.807) is 0 Å². The van der Waals surface area contributed by atoms with Gasteiger partial charge < -0.3 is 20.1 Å². The van der Waals surface area contributed by atoms with Crippen LogP contribution in [-0.2, 0) is 6.42 Å². The summed E-state index contributed by atoms with van der Waals surface area (Å²) in [6.07, 6.45) is 0.804. The first kappa shape index (κ1) is 14.8. The van der Waals surface area contributed by atoms with E-state index in [1.807, 2.05) is 39.2 Å². The van der Waals surface area contributed by atoms with Crippen LogP contribution in [0, 0.1) is 0 Å². The summed E-state index contributed by atoms with van der Waals surface area (Å²) in [5.74, 6) is 1.65. The van der Waals surface area contributed by atoms with E-state index in [2.05, 4.69) is 4.90 Å². The predicted molar refractivity (Wildman–Crippen MR) is 74.4 cm³/mol. The highest BCUT2D eigenvalue weighted by molar-refractivity contribution is 5.46. The van der Waals surface area contributed by atoms with E-state index >= 15 is 0 Å². The SMILES string of the molecule is CCOc1cccc(CCN)c1OCCN(C)C. The highest BCUT2D eigenvalue weighted by Gasteiger charge is 2.10. The molecule has 0 aromatic heterocycles. The van der Waals surface area contributed by atoms with Crippen LogP contribution in [0.1, 0.15) is 12.5 Å². The minimum Gasteiger partial charge on any atom is -0.490 e. The minimum atomic E-state index is 0.611. The number of likely N-dealkylation sites (N-methyl/N-ethyl adjacent to an activating group) is 1. The summed E-state index contributed by atoms with van der Waals surface area (Å²) in [6, 6.07) is 5.96. The lowest BCUT2D eigenvalue weighted by molar-refractivity contribution is 0.242. The van der Waals surface area contributed by atoms with E-state index in [0.29, 0.717) is 19.8 Å². The fourth-order valence-corrected chi connectivity index (χ4v) is 1.68. The fraction of sp³-hybridized carbons (Fsp3) is 0.571. The average molecular weight is 252 g/mol. The summed E-state index contributed by atoms with van der Waals surface area (Å²) in [5.41, 5.74) is 6.74. The van der Waals surface area contributed by atoms with Gasteiger partial charge in [0, 0.05) is 6.54 Å². The molecular formula is C14H24N2O2. The molecule has 1 aromatic rings. The van der Waals surface area contributed by atoms with Gasteiger partial charge in [-0.15, -0.1) is 0 Å². The summed E-state index contributed by atoms with van der Waals surface area (Å²) in [5, 5.41) is 0. The minimum absolute atomic E-state index is 0.611. The van der Waals surface area contributed by atoms with Crippen molar-refractivity contribution in [3.63, 3.8) is 0 Å². The molecule has 1 rings (SSSR count). The molecule has 0 spiro atoms. The molecule has 0 fully saturated rings. The molecule has 18 heavy (non-hydrogen) atoms. The molecule has 0 amide bonds. The Balaban J connectivity index is 2.80. The first-order chi connectivity index (χ1) is 8.69. The van der Waals surface area contributed by atoms with Gasteiger partial charge in [-0.25, -0.2) is 0 Å². The van der Waals surface area contributed by atoms with E-state index in [0.717, 1.165) is 30.0 Å². The van der Waals surface area contributed by atoms with E-state index in [1.165, 1.54) is 0 Å². The molecule has 0 heterocycles. The van der Waals surface area contributed by atoms with Crippen LogP contribution in [0.25, 0.3) is 0 Å². The van der Waals surface area contributed by atoms with Gasteiger partial charge in [0.1, 0.15) is 6.61 Å². The second-order valence-electron chi connectivity index (χ2n) is 4.37. The molecule has 0 aliphatic heterocycles. The highest BCUT2D eigenvalue weighted by atomic mass is 16.5. The third-order valence-electron chi connectivity index (χ3n) is 2.56. The zero-order valence-corrected chi connectivity index (χ0v) is 11.6. The highest BCUT2D eigenvalue weighted by Crippen LogP contribution is 2.31. The van der Waals surface area contributed by atoms with Crippen LogP contribution in [-0.4, -0.2) is 45.3 Å². The van der Waals surface area contributed by atoms with Gasteiger partial charge in [-0.2, -0.15) is 0 Å². The number of nitrogens with zero attached hydrogens (tertiary/aromatic N) is 1. The van der Waals surface area contributed by atoms with Gasteiger partial charge >= 0.3 is 0 Å². The molecule has 0 saturated carbocycles. The Kier molecular flexibility index (Phi) is 6.54. The van der Waals surface area contributed by atoms with Gasteiger partial charge in [0.05, 0.1) is 6.61 Å². The van der Waals surface area contributed by atoms with Crippen LogP contribution in [0.4, 0.5) is 0 Å². The fourth-order valence-electron chi connectivity index (χ4n) is 1.68. The summed E-state index contributed by atoms with van der Waals surface area (Å²) < 4.78 is 11.5. The van der Waals surface area contributed by atoms with Crippen molar-refractivity contribution in [3.05, 3.63) is 23.8 Å². The summed E-state index contributed by atoms with van der Waals surface area (Å²) in [6.45, 7) is 4.74. The van der Waals surface area contributed by atoms with Crippen LogP contribution in [0.5, 0.6) is 11.5 Å². The quantitative estimate of drug-likeness (QED) is 0.762. The van der Waals surface area contributed by atoms with Crippen molar-refractivity contribution >= 4 is 0 Å². The molecule has 0 bridgehead atoms. The van der Waals surface area contributed by atoms with E-state index in [9.17, 15) is 0 Å². The third-order valence-corrected chi connectivity index (χ3v) is 2.56. The summed E-state index contributed by atoms with van der Waals surface area (Å²) >= 11 is 0. The van der Waals surface area contributed by atoms with E-state index in [4.69, 9.17) is 15.2 Å². The molecule has 0 aliphatic rings. The van der Waals surface area contributed by atoms with Crippen LogP contribution in [0.15, 0.2) is 18.2 Å². The summed E-state index contributed by atoms with van der Waals surface area (Å²) in [4.78, 5) is 2.09. The van der Waals surface area contributed by atoms with Gasteiger partial charge in [0.2, 0.25) is 0 Å². The Labute approximate surface area is 110 Å². The maximum absolute atomic E-state index is 5.86.